The van der Waals surface area contributed by atoms with Gasteiger partial charge >= 0.3 is 0 Å². The smallest absolute Gasteiger partial charge is 0.0978 e. The molecule has 0 aliphatic carbocycles. The summed E-state index contributed by atoms with van der Waals surface area (Å²) in [6.45, 7) is 7.36. The van der Waals surface area contributed by atoms with Crippen molar-refractivity contribution in [2.45, 2.75) is 6.92 Å². The molecule has 0 bridgehead atoms. The summed E-state index contributed by atoms with van der Waals surface area (Å²) in [4.78, 5) is 0. The van der Waals surface area contributed by atoms with Crippen molar-refractivity contribution in [2.75, 3.05) is 0 Å². The molecule has 2 radical (unpaired) electrons. The monoisotopic (exact) mass is 56.0 g/mol. The second-order valence-electron chi connectivity index (χ2n) is 0.585. The average molecular weight is 56.1 g/mol. The Morgan fingerprint density at radius 2 is 2.00 bits per heavy atom. The summed E-state index contributed by atoms with van der Waals surface area (Å²) in [5.74, 6) is -0.333. The van der Waals surface area contributed by atoms with Crippen LogP contribution in [0.4, 0.5) is 0 Å². The van der Waals surface area contributed by atoms with E-state index < -0.39 is 0 Å². The van der Waals surface area contributed by atoms with Crippen LogP contribution in [0.25, 0.3) is 0 Å². The van der Waals surface area contributed by atoms with E-state index in [2.05, 4.69) is 0 Å². The molecule has 0 saturated heterocycles. The first-order valence-corrected chi connectivity index (χ1v) is 0.974. The number of allylic oxidation sites excluding steroid dienone is 1. The normalized spacial score (nSPS) is 6.25. The zero-order chi connectivity index (χ0) is 3.58. The number of hydrogen-bond donors (Lipinski definition) is 1. The fourth-order valence-corrected chi connectivity index (χ4v) is 0. The highest BCUT2D eigenvalue weighted by molar-refractivity contribution is 4.62. The van der Waals surface area contributed by atoms with Crippen molar-refractivity contribution in [1.29, 1.82) is 0 Å². The summed E-state index contributed by atoms with van der Waals surface area (Å²) in [6.07, 6.45) is 0. The van der Waals surface area contributed by atoms with Gasteiger partial charge in [-0.15, -0.1) is 0 Å². The summed E-state index contributed by atoms with van der Waals surface area (Å²) in [5.41, 5.74) is 0. The lowest BCUT2D eigenvalue weighted by Gasteiger charge is -1.66. The fourth-order valence-electron chi connectivity index (χ4n) is 0. The Labute approximate surface area is 25.6 Å². The van der Waals surface area contributed by atoms with Gasteiger partial charge in [-0.05, 0) is 6.92 Å². The summed E-state index contributed by atoms with van der Waals surface area (Å²) in [6, 6.07) is 0. The molecule has 0 unspecified atom stereocenters. The molecular weight excluding hydrogens is 52.0 g/mol. The molecule has 0 amide bonds. The molecule has 22 valence electrons. The Balaban J connectivity index is 2.80. The van der Waals surface area contributed by atoms with E-state index >= 15 is 0 Å². The molecule has 0 saturated carbocycles. The number of aliphatic hydroxyl groups is 1. The van der Waals surface area contributed by atoms with Crippen LogP contribution in [-0.2, 0) is 0 Å². The Hall–Kier alpha value is -0.460. The summed E-state index contributed by atoms with van der Waals surface area (Å²) < 4.78 is 0. The highest BCUT2D eigenvalue weighted by Crippen LogP contribution is 1.65. The third kappa shape index (κ3) is 2.12. The quantitative estimate of drug-likeness (QED) is 0.406. The molecule has 0 aromatic carbocycles. The van der Waals surface area contributed by atoms with E-state index in [-0.39, 0.29) is 5.76 Å². The van der Waals surface area contributed by atoms with Crippen molar-refractivity contribution in [3.05, 3.63) is 12.3 Å². The van der Waals surface area contributed by atoms with Crippen LogP contribution in [0.2, 0.25) is 0 Å². The predicted molar refractivity (Wildman–Crippen MR) is 15.1 cm³/mol. The van der Waals surface area contributed by atoms with Gasteiger partial charge in [0.25, 0.3) is 0 Å². The minimum atomic E-state index is -0.333. The van der Waals surface area contributed by atoms with Gasteiger partial charge in [-0.3, -0.25) is 0 Å². The van der Waals surface area contributed by atoms with Crippen LogP contribution in [0.1, 0.15) is 6.92 Å². The molecule has 4 heavy (non-hydrogen) atoms. The van der Waals surface area contributed by atoms with Gasteiger partial charge in [-0.25, -0.2) is 0 Å². The highest BCUT2D eigenvalue weighted by Gasteiger charge is 1.55. The van der Waals surface area contributed by atoms with Gasteiger partial charge in [0.05, 0.1) is 5.76 Å². The molecule has 0 fully saturated rings. The van der Waals surface area contributed by atoms with Crippen molar-refractivity contribution in [3.63, 3.8) is 0 Å². The Morgan fingerprint density at radius 3 is 2.00 bits per heavy atom. The number of aliphatic hydroxyl groups excluding tert-OH is 1. The predicted octanol–water partition coefficient (Wildman–Crippen LogP) is 0.758. The van der Waals surface area contributed by atoms with Crippen molar-refractivity contribution >= 4 is 0 Å². The van der Waals surface area contributed by atoms with Gasteiger partial charge in [0.2, 0.25) is 0 Å². The van der Waals surface area contributed by atoms with Gasteiger partial charge in [0.15, 0.2) is 0 Å². The molecule has 0 rings (SSSR count). The maximum absolute atomic E-state index is 7.64. The van der Waals surface area contributed by atoms with Gasteiger partial charge in [0.1, 0.15) is 0 Å². The van der Waals surface area contributed by atoms with E-state index in [9.17, 15) is 0 Å². The largest absolute Gasteiger partial charge is 0.512 e. The molecule has 0 aromatic rings. The number of hydrogen-bond acceptors (Lipinski definition) is 1. The van der Waals surface area contributed by atoms with Gasteiger partial charge < -0.3 is 5.11 Å². The molecule has 0 aliphatic rings. The lowest BCUT2D eigenvalue weighted by Crippen LogP contribution is -1.54. The average Bonchev–Trinajstić information content (AvgIpc) is 0.811. The standard InChI is InChI=1S/C3H4O/c1-3(2)4/h4H,1H3. The Kier molecular flexibility index (Phi) is 0.826. The first kappa shape index (κ1) is 3.54. The van der Waals surface area contributed by atoms with E-state index in [1.54, 1.807) is 0 Å². The van der Waals surface area contributed by atoms with Crippen molar-refractivity contribution in [1.82, 2.24) is 0 Å². The SMILES string of the molecule is [C]=C(C)O. The second-order valence-corrected chi connectivity index (χ2v) is 0.585. The first-order valence-electron chi connectivity index (χ1n) is 0.974. The molecular formula is C3H4O. The summed E-state index contributed by atoms with van der Waals surface area (Å²) >= 11 is 0. The topological polar surface area (TPSA) is 20.2 Å². The zero-order valence-electron chi connectivity index (χ0n) is 2.45. The first-order chi connectivity index (χ1) is 1.73. The minimum Gasteiger partial charge on any atom is -0.512 e. The third-order valence-electron chi connectivity index (χ3n) is 0. The lowest BCUT2D eigenvalue weighted by molar-refractivity contribution is 0.415. The van der Waals surface area contributed by atoms with E-state index in [1.165, 1.54) is 6.92 Å². The number of rotatable bonds is 0. The van der Waals surface area contributed by atoms with Crippen LogP contribution in [0.15, 0.2) is 5.76 Å². The van der Waals surface area contributed by atoms with E-state index in [0.717, 1.165) is 0 Å². The highest BCUT2D eigenvalue weighted by atomic mass is 16.3. The van der Waals surface area contributed by atoms with Gasteiger partial charge in [0, 0.05) is 6.58 Å². The molecule has 0 spiro atoms. The molecule has 0 aliphatic heterocycles. The van der Waals surface area contributed by atoms with E-state index in [1.807, 2.05) is 0 Å². The van der Waals surface area contributed by atoms with E-state index in [4.69, 9.17) is 11.7 Å². The fraction of sp³-hybridized carbons (Fsp3) is 0.333. The van der Waals surface area contributed by atoms with Crippen LogP contribution in [0, 0.1) is 6.58 Å². The van der Waals surface area contributed by atoms with Crippen LogP contribution in [-0.4, -0.2) is 5.11 Å². The van der Waals surface area contributed by atoms with Gasteiger partial charge in [-0.1, -0.05) is 0 Å². The maximum Gasteiger partial charge on any atom is 0.0978 e. The van der Waals surface area contributed by atoms with E-state index in [0.29, 0.717) is 0 Å². The second kappa shape index (κ2) is 0.934. The van der Waals surface area contributed by atoms with Crippen LogP contribution in [0.3, 0.4) is 0 Å². The summed E-state index contributed by atoms with van der Waals surface area (Å²) in [5, 5.41) is 7.64. The lowest BCUT2D eigenvalue weighted by atomic mass is 10.7. The molecule has 1 heteroatoms. The molecule has 0 heterocycles. The van der Waals surface area contributed by atoms with Crippen molar-refractivity contribution in [3.8, 4) is 0 Å². The van der Waals surface area contributed by atoms with Crippen LogP contribution in [0.5, 0.6) is 0 Å². The molecule has 0 atom stereocenters. The minimum absolute atomic E-state index is 0.333. The van der Waals surface area contributed by atoms with Crippen LogP contribution < -0.4 is 0 Å². The Bertz CT molecular complexity index is 26.3. The van der Waals surface area contributed by atoms with Crippen LogP contribution >= 0.6 is 0 Å². The zero-order valence-corrected chi connectivity index (χ0v) is 2.45. The third-order valence-corrected chi connectivity index (χ3v) is 0. The van der Waals surface area contributed by atoms with Crippen molar-refractivity contribution in [2.24, 2.45) is 0 Å². The maximum atomic E-state index is 7.64. The Morgan fingerprint density at radius 1 is 2.00 bits per heavy atom. The van der Waals surface area contributed by atoms with Gasteiger partial charge in [-0.2, -0.15) is 0 Å². The molecule has 1 N–H and O–H groups in total. The molecule has 0 aromatic heterocycles. The molecule has 1 nitrogen and oxygen atoms in total. The summed E-state index contributed by atoms with van der Waals surface area (Å²) in [7, 11) is 0. The van der Waals surface area contributed by atoms with Crippen molar-refractivity contribution < 1.29 is 5.11 Å².